The lowest BCUT2D eigenvalue weighted by Gasteiger charge is -2.19. The molecule has 2 bridgehead atoms. The van der Waals surface area contributed by atoms with Gasteiger partial charge in [-0.2, -0.15) is 0 Å². The summed E-state index contributed by atoms with van der Waals surface area (Å²) in [6.07, 6.45) is 2.89. The van der Waals surface area contributed by atoms with E-state index in [4.69, 9.17) is 9.47 Å². The van der Waals surface area contributed by atoms with Gasteiger partial charge in [-0.05, 0) is 43.2 Å². The summed E-state index contributed by atoms with van der Waals surface area (Å²) in [5.41, 5.74) is 0.477. The molecule has 8 heteroatoms. The van der Waals surface area contributed by atoms with Crippen molar-refractivity contribution in [3.05, 3.63) is 24.3 Å². The second kappa shape index (κ2) is 7.85. The molecule has 0 spiro atoms. The lowest BCUT2D eigenvalue weighted by Crippen LogP contribution is -2.35. The number of amides is 3. The summed E-state index contributed by atoms with van der Waals surface area (Å²) < 4.78 is 10.1. The van der Waals surface area contributed by atoms with E-state index in [-0.39, 0.29) is 36.6 Å². The largest absolute Gasteiger partial charge is 0.495 e. The number of rotatable bonds is 7. The van der Waals surface area contributed by atoms with Gasteiger partial charge in [-0.25, -0.2) is 0 Å². The highest BCUT2D eigenvalue weighted by molar-refractivity contribution is 6.06. The van der Waals surface area contributed by atoms with Crippen LogP contribution in [0.3, 0.4) is 0 Å². The maximum absolute atomic E-state index is 12.6. The zero-order chi connectivity index (χ0) is 20.5. The maximum atomic E-state index is 12.6. The van der Waals surface area contributed by atoms with Crippen molar-refractivity contribution in [1.29, 1.82) is 0 Å². The lowest BCUT2D eigenvalue weighted by atomic mass is 9.81. The molecule has 1 aromatic rings. The van der Waals surface area contributed by atoms with E-state index in [9.17, 15) is 19.2 Å². The van der Waals surface area contributed by atoms with Gasteiger partial charge >= 0.3 is 5.97 Å². The van der Waals surface area contributed by atoms with Crippen LogP contribution in [0.2, 0.25) is 0 Å². The monoisotopic (exact) mass is 400 g/mol. The van der Waals surface area contributed by atoms with Crippen LogP contribution in [0.5, 0.6) is 5.75 Å². The maximum Gasteiger partial charge on any atom is 0.308 e. The van der Waals surface area contributed by atoms with Gasteiger partial charge in [-0.1, -0.05) is 12.1 Å². The Hall–Kier alpha value is -2.90. The smallest absolute Gasteiger partial charge is 0.308 e. The van der Waals surface area contributed by atoms with E-state index in [0.29, 0.717) is 23.3 Å². The first-order valence-corrected chi connectivity index (χ1v) is 9.93. The second-order valence-electron chi connectivity index (χ2n) is 7.87. The Morgan fingerprint density at radius 3 is 2.41 bits per heavy atom. The van der Waals surface area contributed by atoms with Crippen LogP contribution in [0.4, 0.5) is 5.69 Å². The molecular formula is C21H24N2O6. The Labute approximate surface area is 168 Å². The second-order valence-corrected chi connectivity index (χ2v) is 7.87. The van der Waals surface area contributed by atoms with E-state index in [2.05, 4.69) is 5.32 Å². The Balaban J connectivity index is 1.24. The van der Waals surface area contributed by atoms with Crippen molar-refractivity contribution in [2.45, 2.75) is 25.7 Å². The Morgan fingerprint density at radius 1 is 1.10 bits per heavy atom. The normalized spacial score (nSPS) is 27.1. The first-order valence-electron chi connectivity index (χ1n) is 9.93. The number of nitrogens with zero attached hydrogens (tertiary/aromatic N) is 1. The molecule has 1 aromatic carbocycles. The lowest BCUT2D eigenvalue weighted by molar-refractivity contribution is -0.149. The van der Waals surface area contributed by atoms with Crippen LogP contribution in [-0.2, 0) is 23.9 Å². The summed E-state index contributed by atoms with van der Waals surface area (Å²) in [6, 6.07) is 6.89. The molecule has 0 unspecified atom stereocenters. The molecule has 3 fully saturated rings. The molecule has 2 saturated carbocycles. The predicted molar refractivity (Wildman–Crippen MR) is 102 cm³/mol. The number of benzene rings is 1. The summed E-state index contributed by atoms with van der Waals surface area (Å²) in [4.78, 5) is 50.4. The van der Waals surface area contributed by atoms with Crippen LogP contribution in [0.1, 0.15) is 25.7 Å². The first-order chi connectivity index (χ1) is 14.0. The quantitative estimate of drug-likeness (QED) is 0.551. The van der Waals surface area contributed by atoms with Gasteiger partial charge in [0.2, 0.25) is 11.8 Å². The molecule has 3 amide bonds. The predicted octanol–water partition coefficient (Wildman–Crippen LogP) is 1.60. The van der Waals surface area contributed by atoms with Gasteiger partial charge in [0.1, 0.15) is 5.75 Å². The van der Waals surface area contributed by atoms with E-state index in [1.165, 1.54) is 12.0 Å². The third kappa shape index (κ3) is 3.59. The molecule has 3 aliphatic rings. The SMILES string of the molecule is COc1ccccc1NC(=O)COC(=O)CCN1C(=O)[C@H]2[C@H]3CC[C@@H](C3)[C@@H]2C1=O. The number of fused-ring (bicyclic) bond motifs is 5. The fourth-order valence-electron chi connectivity index (χ4n) is 5.05. The van der Waals surface area contributed by atoms with Crippen molar-refractivity contribution < 1.29 is 28.7 Å². The summed E-state index contributed by atoms with van der Waals surface area (Å²) >= 11 is 0. The number of methoxy groups -OCH3 is 1. The van der Waals surface area contributed by atoms with Crippen LogP contribution >= 0.6 is 0 Å². The highest BCUT2D eigenvalue weighted by Crippen LogP contribution is 2.56. The summed E-state index contributed by atoms with van der Waals surface area (Å²) in [5.74, 6) is -0.661. The zero-order valence-corrected chi connectivity index (χ0v) is 16.3. The van der Waals surface area contributed by atoms with Crippen LogP contribution < -0.4 is 10.1 Å². The van der Waals surface area contributed by atoms with Crippen molar-refractivity contribution in [3.63, 3.8) is 0 Å². The van der Waals surface area contributed by atoms with E-state index >= 15 is 0 Å². The van der Waals surface area contributed by atoms with Crippen molar-refractivity contribution in [1.82, 2.24) is 4.90 Å². The number of nitrogens with one attached hydrogen (secondary N) is 1. The van der Waals surface area contributed by atoms with E-state index in [0.717, 1.165) is 19.3 Å². The van der Waals surface area contributed by atoms with Gasteiger partial charge in [-0.15, -0.1) is 0 Å². The summed E-state index contributed by atoms with van der Waals surface area (Å²) in [5, 5.41) is 2.61. The number of esters is 1. The van der Waals surface area contributed by atoms with E-state index in [1.54, 1.807) is 24.3 Å². The minimum Gasteiger partial charge on any atom is -0.495 e. The van der Waals surface area contributed by atoms with Gasteiger partial charge < -0.3 is 14.8 Å². The fourth-order valence-corrected chi connectivity index (χ4v) is 5.05. The topological polar surface area (TPSA) is 102 Å². The van der Waals surface area contributed by atoms with E-state index < -0.39 is 18.5 Å². The molecule has 4 atom stereocenters. The standard InChI is InChI=1S/C21H24N2O6/c1-28-15-5-3-2-4-14(15)22-16(24)11-29-17(25)8-9-23-20(26)18-12-6-7-13(10-12)19(18)21(23)27/h2-5,12-13,18-19H,6-11H2,1H3,(H,22,24)/t12-,13-,18-,19-/m0/s1. The minimum absolute atomic E-state index is 0.0110. The Bertz CT molecular complexity index is 825. The van der Waals surface area contributed by atoms with Gasteiger partial charge in [0.25, 0.3) is 5.91 Å². The number of ether oxygens (including phenoxy) is 2. The van der Waals surface area contributed by atoms with Crippen molar-refractivity contribution in [2.75, 3.05) is 25.6 Å². The zero-order valence-electron chi connectivity index (χ0n) is 16.3. The number of anilines is 1. The number of carbonyl (C=O) groups is 4. The molecule has 1 aliphatic heterocycles. The summed E-state index contributed by atoms with van der Waals surface area (Å²) in [6.45, 7) is -0.439. The van der Waals surface area contributed by atoms with Crippen LogP contribution in [-0.4, -0.2) is 48.9 Å². The highest BCUT2D eigenvalue weighted by atomic mass is 16.5. The van der Waals surface area contributed by atoms with Crippen molar-refractivity contribution >= 4 is 29.4 Å². The molecule has 29 heavy (non-hydrogen) atoms. The minimum atomic E-state index is -0.624. The van der Waals surface area contributed by atoms with Crippen LogP contribution in [0.25, 0.3) is 0 Å². The molecule has 1 saturated heterocycles. The van der Waals surface area contributed by atoms with Crippen LogP contribution in [0.15, 0.2) is 24.3 Å². The highest BCUT2D eigenvalue weighted by Gasteiger charge is 2.60. The van der Waals surface area contributed by atoms with Gasteiger partial charge in [-0.3, -0.25) is 24.1 Å². The Kier molecular flexibility index (Phi) is 5.25. The van der Waals surface area contributed by atoms with Gasteiger partial charge in [0.05, 0.1) is 31.1 Å². The third-order valence-corrected chi connectivity index (χ3v) is 6.30. The molecule has 2 aliphatic carbocycles. The Morgan fingerprint density at radius 2 is 1.76 bits per heavy atom. The molecule has 1 N–H and O–H groups in total. The van der Waals surface area contributed by atoms with E-state index in [1.807, 2.05) is 0 Å². The number of hydrogen-bond donors (Lipinski definition) is 1. The molecule has 8 nitrogen and oxygen atoms in total. The molecule has 154 valence electrons. The molecule has 1 heterocycles. The number of hydrogen-bond acceptors (Lipinski definition) is 6. The van der Waals surface area contributed by atoms with Crippen LogP contribution in [0, 0.1) is 23.7 Å². The molecule has 0 aromatic heterocycles. The number of imide groups is 1. The first kappa shape index (κ1) is 19.4. The van der Waals surface area contributed by atoms with Gasteiger partial charge in [0, 0.05) is 6.54 Å². The number of para-hydroxylation sites is 2. The fraction of sp³-hybridized carbons (Fsp3) is 0.524. The number of likely N-dealkylation sites (tertiary alicyclic amines) is 1. The summed E-state index contributed by atoms with van der Waals surface area (Å²) in [7, 11) is 1.49. The molecule has 0 radical (unpaired) electrons. The third-order valence-electron chi connectivity index (χ3n) is 6.30. The molecular weight excluding hydrogens is 376 g/mol. The van der Waals surface area contributed by atoms with Gasteiger partial charge in [0.15, 0.2) is 6.61 Å². The average Bonchev–Trinajstić information content (AvgIpc) is 3.40. The average molecular weight is 400 g/mol. The number of carbonyl (C=O) groups excluding carboxylic acids is 4. The van der Waals surface area contributed by atoms with Crippen molar-refractivity contribution in [2.24, 2.45) is 23.7 Å². The van der Waals surface area contributed by atoms with Crippen molar-refractivity contribution in [3.8, 4) is 5.75 Å². The molecule has 4 rings (SSSR count).